The van der Waals surface area contributed by atoms with Crippen LogP contribution in [-0.4, -0.2) is 78.6 Å². The first-order valence-corrected chi connectivity index (χ1v) is 13.5. The van der Waals surface area contributed by atoms with Gasteiger partial charge in [-0.25, -0.2) is 0 Å². The third-order valence-corrected chi connectivity index (χ3v) is 8.08. The number of piperidine rings is 1. The maximum absolute atomic E-state index is 13.4. The van der Waals surface area contributed by atoms with Gasteiger partial charge in [-0.15, -0.1) is 5.11 Å². The SMILES string of the molecule is Cc1c(N=NC2CC(N)CCC2S(=O)(=O)O)c(O)n(CCCN(C)C)c(=O)c1N1CCCCC1. The predicted molar refractivity (Wildman–Crippen MR) is 132 cm³/mol. The Bertz CT molecular complexity index is 1050. The second kappa shape index (κ2) is 11.1. The number of aromatic hydroxyl groups is 1. The summed E-state index contributed by atoms with van der Waals surface area (Å²) in [4.78, 5) is 17.5. The van der Waals surface area contributed by atoms with Crippen molar-refractivity contribution in [3.8, 4) is 5.88 Å². The van der Waals surface area contributed by atoms with Crippen LogP contribution in [0.25, 0.3) is 0 Å². The van der Waals surface area contributed by atoms with Gasteiger partial charge in [0.25, 0.3) is 15.7 Å². The van der Waals surface area contributed by atoms with E-state index in [4.69, 9.17) is 5.73 Å². The Labute approximate surface area is 201 Å². The molecular formula is C22H38N6O5S. The van der Waals surface area contributed by atoms with Crippen LogP contribution in [0.2, 0.25) is 0 Å². The molecule has 2 aliphatic rings. The highest BCUT2D eigenvalue weighted by atomic mass is 32.2. The smallest absolute Gasteiger partial charge is 0.277 e. The van der Waals surface area contributed by atoms with Crippen LogP contribution in [0.5, 0.6) is 5.88 Å². The van der Waals surface area contributed by atoms with Crippen molar-refractivity contribution in [3.05, 3.63) is 15.9 Å². The zero-order valence-electron chi connectivity index (χ0n) is 20.4. The zero-order valence-corrected chi connectivity index (χ0v) is 21.2. The molecule has 0 aromatic carbocycles. The lowest BCUT2D eigenvalue weighted by Gasteiger charge is -2.31. The molecule has 0 spiro atoms. The van der Waals surface area contributed by atoms with E-state index < -0.39 is 21.4 Å². The molecule has 3 unspecified atom stereocenters. The molecule has 1 saturated heterocycles. The fourth-order valence-corrected chi connectivity index (χ4v) is 5.90. The number of azo groups is 1. The molecule has 0 amide bonds. The molecule has 1 saturated carbocycles. The van der Waals surface area contributed by atoms with Crippen LogP contribution in [0.1, 0.15) is 50.5 Å². The zero-order chi connectivity index (χ0) is 25.0. The normalized spacial score (nSPS) is 24.3. The van der Waals surface area contributed by atoms with Gasteiger partial charge in [0.1, 0.15) is 10.9 Å². The first-order chi connectivity index (χ1) is 16.0. The van der Waals surface area contributed by atoms with Gasteiger partial charge in [-0.2, -0.15) is 13.5 Å². The fraction of sp³-hybridized carbons (Fsp3) is 0.773. The highest BCUT2D eigenvalue weighted by molar-refractivity contribution is 7.86. The summed E-state index contributed by atoms with van der Waals surface area (Å²) in [5, 5.41) is 18.5. The van der Waals surface area contributed by atoms with E-state index in [2.05, 4.69) is 10.2 Å². The van der Waals surface area contributed by atoms with Crippen LogP contribution in [0, 0.1) is 6.92 Å². The topological polar surface area (TPSA) is 154 Å². The van der Waals surface area contributed by atoms with Crippen molar-refractivity contribution in [1.29, 1.82) is 0 Å². The summed E-state index contributed by atoms with van der Waals surface area (Å²) in [5.41, 5.74) is 6.93. The van der Waals surface area contributed by atoms with Crippen molar-refractivity contribution in [3.63, 3.8) is 0 Å². The van der Waals surface area contributed by atoms with E-state index in [-0.39, 0.29) is 36.0 Å². The molecule has 2 fully saturated rings. The summed E-state index contributed by atoms with van der Waals surface area (Å²) in [6.07, 6.45) is 4.64. The standard InChI is InChI=1S/C22H38N6O5S/c1-15-19(25-24-17-14-16(23)8-9-18(17)34(31,32)33)21(29)28(13-7-10-26(2)3)22(30)20(15)27-11-5-4-6-12-27/h16-18,29H,4-14,23H2,1-3H3,(H,31,32,33). The Balaban J connectivity index is 2.04. The second-order valence-corrected chi connectivity index (χ2v) is 11.4. The molecule has 3 rings (SSSR count). The summed E-state index contributed by atoms with van der Waals surface area (Å²) in [6, 6.07) is -1.08. The Morgan fingerprint density at radius 1 is 1.18 bits per heavy atom. The minimum atomic E-state index is -4.32. The molecule has 1 aromatic rings. The number of nitrogens with zero attached hydrogens (tertiary/aromatic N) is 5. The summed E-state index contributed by atoms with van der Waals surface area (Å²) in [7, 11) is -0.440. The van der Waals surface area contributed by atoms with Gasteiger partial charge in [0, 0.05) is 31.2 Å². The molecule has 12 heteroatoms. The Kier molecular flexibility index (Phi) is 8.72. The lowest BCUT2D eigenvalue weighted by Crippen LogP contribution is -2.42. The number of hydrogen-bond donors (Lipinski definition) is 3. The number of anilines is 1. The number of hydrogen-bond acceptors (Lipinski definition) is 9. The van der Waals surface area contributed by atoms with Crippen LogP contribution in [0.15, 0.2) is 15.0 Å². The van der Waals surface area contributed by atoms with E-state index in [1.54, 1.807) is 6.92 Å². The van der Waals surface area contributed by atoms with Gasteiger partial charge in [-0.3, -0.25) is 13.9 Å². The first kappa shape index (κ1) is 26.6. The van der Waals surface area contributed by atoms with Gasteiger partial charge in [0.2, 0.25) is 5.88 Å². The summed E-state index contributed by atoms with van der Waals surface area (Å²) < 4.78 is 34.8. The molecule has 11 nitrogen and oxygen atoms in total. The minimum absolute atomic E-state index is 0.151. The third kappa shape index (κ3) is 6.15. The molecule has 1 aromatic heterocycles. The molecule has 1 aliphatic heterocycles. The van der Waals surface area contributed by atoms with Crippen LogP contribution in [0.4, 0.5) is 11.4 Å². The molecule has 1 aliphatic carbocycles. The largest absolute Gasteiger partial charge is 0.493 e. The molecule has 192 valence electrons. The average molecular weight is 499 g/mol. The lowest BCUT2D eigenvalue weighted by atomic mass is 9.92. The third-order valence-electron chi connectivity index (χ3n) is 6.77. The van der Waals surface area contributed by atoms with E-state index >= 15 is 0 Å². The summed E-state index contributed by atoms with van der Waals surface area (Å²) in [6.45, 7) is 4.28. The van der Waals surface area contributed by atoms with E-state index in [1.807, 2.05) is 23.9 Å². The molecular weight excluding hydrogens is 460 g/mol. The molecule has 34 heavy (non-hydrogen) atoms. The van der Waals surface area contributed by atoms with Crippen LogP contribution in [-0.2, 0) is 16.7 Å². The number of pyridine rings is 1. The molecule has 4 N–H and O–H groups in total. The highest BCUT2D eigenvalue weighted by Crippen LogP contribution is 2.37. The molecule has 0 radical (unpaired) electrons. The van der Waals surface area contributed by atoms with Gasteiger partial charge >= 0.3 is 0 Å². The maximum Gasteiger partial charge on any atom is 0.277 e. The van der Waals surface area contributed by atoms with Crippen molar-refractivity contribution in [2.24, 2.45) is 16.0 Å². The van der Waals surface area contributed by atoms with Gasteiger partial charge < -0.3 is 20.6 Å². The lowest BCUT2D eigenvalue weighted by molar-refractivity contribution is 0.357. The number of aromatic nitrogens is 1. The minimum Gasteiger partial charge on any atom is -0.493 e. The molecule has 3 atom stereocenters. The van der Waals surface area contributed by atoms with Gasteiger partial charge in [0.15, 0.2) is 5.69 Å². The Hall–Kier alpha value is -2.02. The van der Waals surface area contributed by atoms with E-state index in [0.29, 0.717) is 30.6 Å². The van der Waals surface area contributed by atoms with Gasteiger partial charge in [-0.1, -0.05) is 0 Å². The van der Waals surface area contributed by atoms with Crippen molar-refractivity contribution >= 4 is 21.5 Å². The monoisotopic (exact) mass is 498 g/mol. The van der Waals surface area contributed by atoms with Gasteiger partial charge in [-0.05, 0) is 72.5 Å². The fourth-order valence-electron chi connectivity index (χ4n) is 4.91. The molecule has 2 heterocycles. The van der Waals surface area contributed by atoms with E-state index in [0.717, 1.165) is 38.9 Å². The first-order valence-electron chi connectivity index (χ1n) is 12.0. The summed E-state index contributed by atoms with van der Waals surface area (Å²) in [5.74, 6) is -0.283. The van der Waals surface area contributed by atoms with Gasteiger partial charge in [0.05, 0.1) is 6.04 Å². The van der Waals surface area contributed by atoms with Crippen molar-refractivity contribution in [2.45, 2.75) is 75.7 Å². The Morgan fingerprint density at radius 3 is 2.47 bits per heavy atom. The molecule has 0 bridgehead atoms. The van der Waals surface area contributed by atoms with Crippen LogP contribution in [0.3, 0.4) is 0 Å². The summed E-state index contributed by atoms with van der Waals surface area (Å²) >= 11 is 0. The predicted octanol–water partition coefficient (Wildman–Crippen LogP) is 2.02. The average Bonchev–Trinajstić information content (AvgIpc) is 2.76. The van der Waals surface area contributed by atoms with Crippen LogP contribution < -0.4 is 16.2 Å². The number of rotatable bonds is 8. The maximum atomic E-state index is 13.4. The van der Waals surface area contributed by atoms with Crippen molar-refractivity contribution in [2.75, 3.05) is 38.6 Å². The van der Waals surface area contributed by atoms with Crippen molar-refractivity contribution in [1.82, 2.24) is 9.47 Å². The quantitative estimate of drug-likeness (QED) is 0.363. The van der Waals surface area contributed by atoms with E-state index in [9.17, 15) is 22.9 Å². The van der Waals surface area contributed by atoms with E-state index in [1.165, 1.54) is 4.57 Å². The number of nitrogens with two attached hydrogens (primary N) is 1. The Morgan fingerprint density at radius 2 is 1.85 bits per heavy atom. The second-order valence-electron chi connectivity index (χ2n) is 9.72. The van der Waals surface area contributed by atoms with Crippen molar-refractivity contribution < 1.29 is 18.1 Å². The van der Waals surface area contributed by atoms with Crippen LogP contribution >= 0.6 is 0 Å². The highest BCUT2D eigenvalue weighted by Gasteiger charge is 2.37.